The summed E-state index contributed by atoms with van der Waals surface area (Å²) in [5, 5.41) is 2.17. The van der Waals surface area contributed by atoms with Crippen molar-refractivity contribution in [1.29, 1.82) is 0 Å². The Bertz CT molecular complexity index is 1100. The number of esters is 1. The summed E-state index contributed by atoms with van der Waals surface area (Å²) in [6.45, 7) is 1.68. The molecule has 0 aliphatic heterocycles. The predicted octanol–water partition coefficient (Wildman–Crippen LogP) is 4.93. The van der Waals surface area contributed by atoms with Crippen LogP contribution in [0.2, 0.25) is 0 Å². The van der Waals surface area contributed by atoms with Gasteiger partial charge in [-0.05, 0) is 42.0 Å². The van der Waals surface area contributed by atoms with Crippen molar-refractivity contribution in [2.45, 2.75) is 13.5 Å². The molecule has 28 heavy (non-hydrogen) atoms. The van der Waals surface area contributed by atoms with Crippen LogP contribution in [0.15, 0.2) is 77.2 Å². The number of hydrogen-bond acceptors (Lipinski definition) is 5. The number of aryl methyl sites for hydroxylation is 1. The molecule has 0 saturated carbocycles. The molecule has 3 aromatic carbocycles. The van der Waals surface area contributed by atoms with E-state index in [4.69, 9.17) is 13.9 Å². The molecule has 1 aromatic heterocycles. The quantitative estimate of drug-likeness (QED) is 0.449. The lowest BCUT2D eigenvalue weighted by Crippen LogP contribution is -2.15. The number of hydrogen-bond donors (Lipinski definition) is 0. The van der Waals surface area contributed by atoms with Gasteiger partial charge in [0.1, 0.15) is 23.8 Å². The molecule has 5 nitrogen and oxygen atoms in total. The van der Waals surface area contributed by atoms with Crippen LogP contribution in [-0.4, -0.2) is 17.6 Å². The van der Waals surface area contributed by atoms with Gasteiger partial charge in [0.2, 0.25) is 5.89 Å². The first-order valence-corrected chi connectivity index (χ1v) is 8.98. The summed E-state index contributed by atoms with van der Waals surface area (Å²) in [5.41, 5.74) is 1.47. The lowest BCUT2D eigenvalue weighted by atomic mass is 10.1. The Morgan fingerprint density at radius 1 is 0.964 bits per heavy atom. The summed E-state index contributed by atoms with van der Waals surface area (Å²) in [7, 11) is 0. The van der Waals surface area contributed by atoms with Crippen LogP contribution < -0.4 is 4.74 Å². The minimum atomic E-state index is -0.461. The monoisotopic (exact) mass is 373 g/mol. The zero-order valence-electron chi connectivity index (χ0n) is 15.4. The second-order valence-corrected chi connectivity index (χ2v) is 6.35. The molecule has 0 spiro atoms. The van der Waals surface area contributed by atoms with Crippen LogP contribution in [-0.2, 0) is 16.1 Å². The Kier molecular flexibility index (Phi) is 5.06. The largest absolute Gasteiger partial charge is 0.482 e. The molecule has 0 unspecified atom stereocenters. The standard InChI is InChI=1S/C23H19NO4/c1-16-21(24-23(28-16)18-8-3-2-4-9-18)14-27-22(25)15-26-20-12-11-17-7-5-6-10-19(17)13-20/h2-13H,14-15H2,1H3. The summed E-state index contributed by atoms with van der Waals surface area (Å²) in [6, 6.07) is 23.3. The van der Waals surface area contributed by atoms with Gasteiger partial charge < -0.3 is 13.9 Å². The molecule has 4 rings (SSSR count). The average Bonchev–Trinajstić information content (AvgIpc) is 3.12. The molecule has 5 heteroatoms. The minimum Gasteiger partial charge on any atom is -0.482 e. The lowest BCUT2D eigenvalue weighted by molar-refractivity contribution is -0.147. The van der Waals surface area contributed by atoms with Crippen molar-refractivity contribution in [3.63, 3.8) is 0 Å². The third-order valence-corrected chi connectivity index (χ3v) is 4.36. The first-order chi connectivity index (χ1) is 13.7. The number of rotatable bonds is 6. The summed E-state index contributed by atoms with van der Waals surface area (Å²) < 4.78 is 16.5. The fraction of sp³-hybridized carbons (Fsp3) is 0.130. The summed E-state index contributed by atoms with van der Waals surface area (Å²) in [6.07, 6.45) is 0. The van der Waals surface area contributed by atoms with Crippen LogP contribution in [0.3, 0.4) is 0 Å². The van der Waals surface area contributed by atoms with Crippen molar-refractivity contribution >= 4 is 16.7 Å². The predicted molar refractivity (Wildman–Crippen MR) is 106 cm³/mol. The van der Waals surface area contributed by atoms with Gasteiger partial charge in [0.15, 0.2) is 6.61 Å². The van der Waals surface area contributed by atoms with Crippen molar-refractivity contribution < 1.29 is 18.7 Å². The smallest absolute Gasteiger partial charge is 0.344 e. The summed E-state index contributed by atoms with van der Waals surface area (Å²) in [4.78, 5) is 16.5. The lowest BCUT2D eigenvalue weighted by Gasteiger charge is -2.07. The number of fused-ring (bicyclic) bond motifs is 1. The number of carbonyl (C=O) groups excluding carboxylic acids is 1. The number of nitrogens with zero attached hydrogens (tertiary/aromatic N) is 1. The molecular weight excluding hydrogens is 354 g/mol. The Morgan fingerprint density at radius 2 is 1.71 bits per heavy atom. The van der Waals surface area contributed by atoms with E-state index in [2.05, 4.69) is 4.98 Å². The number of carbonyl (C=O) groups is 1. The number of oxazole rings is 1. The van der Waals surface area contributed by atoms with Gasteiger partial charge in [0.25, 0.3) is 0 Å². The van der Waals surface area contributed by atoms with Crippen LogP contribution in [0.25, 0.3) is 22.2 Å². The van der Waals surface area contributed by atoms with Gasteiger partial charge in [0.05, 0.1) is 0 Å². The van der Waals surface area contributed by atoms with E-state index < -0.39 is 5.97 Å². The second kappa shape index (κ2) is 7.96. The van der Waals surface area contributed by atoms with Gasteiger partial charge >= 0.3 is 5.97 Å². The Morgan fingerprint density at radius 3 is 2.54 bits per heavy atom. The van der Waals surface area contributed by atoms with E-state index in [9.17, 15) is 4.79 Å². The van der Waals surface area contributed by atoms with Crippen LogP contribution in [0, 0.1) is 6.92 Å². The first-order valence-electron chi connectivity index (χ1n) is 8.98. The second-order valence-electron chi connectivity index (χ2n) is 6.35. The summed E-state index contributed by atoms with van der Waals surface area (Å²) in [5.74, 6) is 1.30. The van der Waals surface area contributed by atoms with E-state index in [0.29, 0.717) is 23.1 Å². The highest BCUT2D eigenvalue weighted by Crippen LogP contribution is 2.22. The Balaban J connectivity index is 1.33. The van der Waals surface area contributed by atoms with Crippen molar-refractivity contribution in [2.24, 2.45) is 0 Å². The molecule has 1 heterocycles. The molecule has 0 radical (unpaired) electrons. The maximum absolute atomic E-state index is 12.0. The molecule has 0 N–H and O–H groups in total. The van der Waals surface area contributed by atoms with Gasteiger partial charge in [-0.15, -0.1) is 0 Å². The van der Waals surface area contributed by atoms with Crippen LogP contribution in [0.4, 0.5) is 0 Å². The molecule has 0 aliphatic carbocycles. The maximum Gasteiger partial charge on any atom is 0.344 e. The highest BCUT2D eigenvalue weighted by Gasteiger charge is 2.13. The fourth-order valence-electron chi connectivity index (χ4n) is 2.86. The number of benzene rings is 3. The van der Waals surface area contributed by atoms with E-state index in [1.807, 2.05) is 72.8 Å². The Labute approximate surface area is 162 Å². The van der Waals surface area contributed by atoms with Crippen LogP contribution >= 0.6 is 0 Å². The van der Waals surface area contributed by atoms with E-state index in [0.717, 1.165) is 16.3 Å². The molecule has 4 aromatic rings. The van der Waals surface area contributed by atoms with Gasteiger partial charge in [-0.2, -0.15) is 0 Å². The molecule has 0 amide bonds. The fourth-order valence-corrected chi connectivity index (χ4v) is 2.86. The van der Waals surface area contributed by atoms with Crippen LogP contribution in [0.5, 0.6) is 5.75 Å². The van der Waals surface area contributed by atoms with Crippen molar-refractivity contribution in [3.05, 3.63) is 84.3 Å². The van der Waals surface area contributed by atoms with Gasteiger partial charge in [-0.1, -0.05) is 48.5 Å². The topological polar surface area (TPSA) is 61.6 Å². The van der Waals surface area contributed by atoms with E-state index in [-0.39, 0.29) is 13.2 Å². The average molecular weight is 373 g/mol. The van der Waals surface area contributed by atoms with Gasteiger partial charge in [-0.3, -0.25) is 0 Å². The van der Waals surface area contributed by atoms with E-state index in [1.165, 1.54) is 0 Å². The third-order valence-electron chi connectivity index (χ3n) is 4.36. The molecule has 0 atom stereocenters. The highest BCUT2D eigenvalue weighted by molar-refractivity contribution is 5.83. The molecule has 0 fully saturated rings. The molecule has 140 valence electrons. The maximum atomic E-state index is 12.0. The number of ether oxygens (including phenoxy) is 2. The first kappa shape index (κ1) is 17.8. The van der Waals surface area contributed by atoms with Gasteiger partial charge in [0, 0.05) is 5.56 Å². The molecule has 0 bridgehead atoms. The third kappa shape index (κ3) is 4.04. The zero-order chi connectivity index (χ0) is 19.3. The number of aromatic nitrogens is 1. The molecule has 0 aliphatic rings. The molecular formula is C23H19NO4. The van der Waals surface area contributed by atoms with E-state index in [1.54, 1.807) is 6.92 Å². The minimum absolute atomic E-state index is 0.0437. The summed E-state index contributed by atoms with van der Waals surface area (Å²) >= 11 is 0. The Hall–Kier alpha value is -3.60. The van der Waals surface area contributed by atoms with Crippen molar-refractivity contribution in [3.8, 4) is 17.2 Å². The highest BCUT2D eigenvalue weighted by atomic mass is 16.6. The molecule has 0 saturated heterocycles. The van der Waals surface area contributed by atoms with Crippen LogP contribution in [0.1, 0.15) is 11.5 Å². The SMILES string of the molecule is Cc1oc(-c2ccccc2)nc1COC(=O)COc1ccc2ccccc2c1. The normalized spacial score (nSPS) is 10.8. The zero-order valence-corrected chi connectivity index (χ0v) is 15.4. The van der Waals surface area contributed by atoms with Gasteiger partial charge in [-0.25, -0.2) is 9.78 Å². The van der Waals surface area contributed by atoms with Crippen molar-refractivity contribution in [2.75, 3.05) is 6.61 Å². The van der Waals surface area contributed by atoms with E-state index >= 15 is 0 Å². The van der Waals surface area contributed by atoms with Crippen molar-refractivity contribution in [1.82, 2.24) is 4.98 Å².